The Balaban J connectivity index is 1.61. The molecule has 2 N–H and O–H groups in total. The van der Waals surface area contributed by atoms with Crippen LogP contribution in [-0.2, 0) is 13.1 Å². The van der Waals surface area contributed by atoms with E-state index in [0.29, 0.717) is 12.4 Å². The van der Waals surface area contributed by atoms with E-state index in [1.54, 1.807) is 12.1 Å². The Morgan fingerprint density at radius 1 is 1.13 bits per heavy atom. The molecule has 1 fully saturated rings. The van der Waals surface area contributed by atoms with Crippen LogP contribution in [0, 0.1) is 0 Å². The highest BCUT2D eigenvalue weighted by molar-refractivity contribution is 5.85. The van der Waals surface area contributed by atoms with Crippen LogP contribution in [0.3, 0.4) is 0 Å². The minimum Gasteiger partial charge on any atom is -0.477 e. The minimum atomic E-state index is -1.01. The number of hydrogen-bond acceptors (Lipinski definition) is 4. The number of likely N-dealkylation sites (tertiary alicyclic amines) is 1. The highest BCUT2D eigenvalue weighted by Gasteiger charge is 2.11. The zero-order chi connectivity index (χ0) is 16.1. The van der Waals surface area contributed by atoms with Gasteiger partial charge in [-0.2, -0.15) is 0 Å². The molecular formula is C18H21N3O2. The Kier molecular flexibility index (Phi) is 4.88. The fourth-order valence-electron chi connectivity index (χ4n) is 2.88. The molecule has 1 aliphatic heterocycles. The largest absolute Gasteiger partial charge is 0.477 e. The van der Waals surface area contributed by atoms with Crippen molar-refractivity contribution >= 4 is 11.8 Å². The van der Waals surface area contributed by atoms with Crippen molar-refractivity contribution in [2.75, 3.05) is 18.4 Å². The molecule has 5 nitrogen and oxygen atoms in total. The number of carboxylic acid groups (broad SMARTS) is 1. The van der Waals surface area contributed by atoms with Crippen molar-refractivity contribution in [3.05, 3.63) is 59.3 Å². The van der Waals surface area contributed by atoms with E-state index in [0.717, 1.165) is 6.54 Å². The van der Waals surface area contributed by atoms with E-state index in [-0.39, 0.29) is 5.69 Å². The van der Waals surface area contributed by atoms with E-state index in [4.69, 9.17) is 5.11 Å². The van der Waals surface area contributed by atoms with E-state index < -0.39 is 5.97 Å². The molecule has 1 aliphatic rings. The Hall–Kier alpha value is -2.40. The van der Waals surface area contributed by atoms with Gasteiger partial charge in [0.15, 0.2) is 5.69 Å². The second kappa shape index (κ2) is 7.24. The fraction of sp³-hybridized carbons (Fsp3) is 0.333. The first-order valence-corrected chi connectivity index (χ1v) is 7.95. The van der Waals surface area contributed by atoms with Gasteiger partial charge in [0.1, 0.15) is 5.82 Å². The first-order valence-electron chi connectivity index (χ1n) is 7.95. The van der Waals surface area contributed by atoms with Gasteiger partial charge in [-0.3, -0.25) is 4.90 Å². The number of nitrogens with one attached hydrogen (secondary N) is 1. The Morgan fingerprint density at radius 3 is 2.65 bits per heavy atom. The van der Waals surface area contributed by atoms with Crippen molar-refractivity contribution in [3.63, 3.8) is 0 Å². The van der Waals surface area contributed by atoms with Crippen molar-refractivity contribution in [2.24, 2.45) is 0 Å². The third-order valence-corrected chi connectivity index (χ3v) is 4.04. The zero-order valence-electron chi connectivity index (χ0n) is 13.0. The summed E-state index contributed by atoms with van der Waals surface area (Å²) < 4.78 is 0. The molecule has 0 saturated carbocycles. The molecule has 120 valence electrons. The van der Waals surface area contributed by atoms with E-state index in [1.165, 1.54) is 43.1 Å². The van der Waals surface area contributed by atoms with Gasteiger partial charge in [-0.05, 0) is 49.2 Å². The quantitative estimate of drug-likeness (QED) is 0.858. The fourth-order valence-corrected chi connectivity index (χ4v) is 2.88. The van der Waals surface area contributed by atoms with Gasteiger partial charge >= 0.3 is 5.97 Å². The standard InChI is InChI=1S/C18H21N3O2/c22-18(23)16-7-4-8-17(20-16)19-12-14-5-3-6-15(11-14)13-21-9-1-2-10-21/h3-8,11H,1-2,9-10,12-13H2,(H,19,20)(H,22,23). The third kappa shape index (κ3) is 4.29. The van der Waals surface area contributed by atoms with Crippen molar-refractivity contribution in [3.8, 4) is 0 Å². The lowest BCUT2D eigenvalue weighted by Crippen LogP contribution is -2.18. The Labute approximate surface area is 136 Å². The molecule has 2 heterocycles. The number of pyridine rings is 1. The van der Waals surface area contributed by atoms with Gasteiger partial charge in [0, 0.05) is 13.1 Å². The normalized spacial score (nSPS) is 14.8. The molecule has 2 aromatic rings. The van der Waals surface area contributed by atoms with Crippen molar-refractivity contribution in [2.45, 2.75) is 25.9 Å². The maximum atomic E-state index is 10.9. The summed E-state index contributed by atoms with van der Waals surface area (Å²) in [5.74, 6) is -0.434. The number of aromatic carboxylic acids is 1. The lowest BCUT2D eigenvalue weighted by atomic mass is 10.1. The topological polar surface area (TPSA) is 65.5 Å². The molecule has 0 aliphatic carbocycles. The maximum absolute atomic E-state index is 10.9. The Morgan fingerprint density at radius 2 is 1.87 bits per heavy atom. The molecule has 0 bridgehead atoms. The number of rotatable bonds is 6. The van der Waals surface area contributed by atoms with Gasteiger partial charge in [-0.15, -0.1) is 0 Å². The highest BCUT2D eigenvalue weighted by atomic mass is 16.4. The molecule has 1 aromatic carbocycles. The van der Waals surface area contributed by atoms with Crippen LogP contribution >= 0.6 is 0 Å². The zero-order valence-corrected chi connectivity index (χ0v) is 13.0. The second-order valence-electron chi connectivity index (χ2n) is 5.87. The molecule has 0 amide bonds. The van der Waals surface area contributed by atoms with Crippen LogP contribution in [0.25, 0.3) is 0 Å². The van der Waals surface area contributed by atoms with Crippen molar-refractivity contribution in [1.29, 1.82) is 0 Å². The summed E-state index contributed by atoms with van der Waals surface area (Å²) in [6, 6.07) is 13.5. The van der Waals surface area contributed by atoms with Crippen LogP contribution in [-0.4, -0.2) is 34.0 Å². The molecular weight excluding hydrogens is 290 g/mol. The summed E-state index contributed by atoms with van der Waals surface area (Å²) >= 11 is 0. The molecule has 0 atom stereocenters. The third-order valence-electron chi connectivity index (χ3n) is 4.04. The number of carboxylic acids is 1. The summed E-state index contributed by atoms with van der Waals surface area (Å²) in [5, 5.41) is 12.2. The van der Waals surface area contributed by atoms with Crippen LogP contribution in [0.2, 0.25) is 0 Å². The van der Waals surface area contributed by atoms with Gasteiger partial charge in [0.05, 0.1) is 0 Å². The smallest absolute Gasteiger partial charge is 0.354 e. The van der Waals surface area contributed by atoms with Crippen LogP contribution in [0.1, 0.15) is 34.5 Å². The number of anilines is 1. The predicted octanol–water partition coefficient (Wildman–Crippen LogP) is 2.99. The molecule has 0 radical (unpaired) electrons. The molecule has 0 unspecified atom stereocenters. The SMILES string of the molecule is O=C(O)c1cccc(NCc2cccc(CN3CCCC3)c2)n1. The van der Waals surface area contributed by atoms with Crippen molar-refractivity contribution in [1.82, 2.24) is 9.88 Å². The van der Waals surface area contributed by atoms with E-state index >= 15 is 0 Å². The number of carbonyl (C=O) groups is 1. The number of benzene rings is 1. The number of hydrogen-bond donors (Lipinski definition) is 2. The van der Waals surface area contributed by atoms with Crippen LogP contribution in [0.4, 0.5) is 5.82 Å². The monoisotopic (exact) mass is 311 g/mol. The summed E-state index contributed by atoms with van der Waals surface area (Å²) in [5.41, 5.74) is 2.54. The van der Waals surface area contributed by atoms with Gasteiger partial charge in [0.2, 0.25) is 0 Å². The summed E-state index contributed by atoms with van der Waals surface area (Å²) in [6.45, 7) is 4.01. The molecule has 1 saturated heterocycles. The van der Waals surface area contributed by atoms with Crippen molar-refractivity contribution < 1.29 is 9.90 Å². The first-order chi connectivity index (χ1) is 11.2. The summed E-state index contributed by atoms with van der Waals surface area (Å²) in [6.07, 6.45) is 2.60. The van der Waals surface area contributed by atoms with E-state index in [1.807, 2.05) is 0 Å². The van der Waals surface area contributed by atoms with Gasteiger partial charge in [-0.1, -0.05) is 30.3 Å². The van der Waals surface area contributed by atoms with Crippen LogP contribution < -0.4 is 5.32 Å². The highest BCUT2D eigenvalue weighted by Crippen LogP contribution is 2.15. The number of nitrogens with zero attached hydrogens (tertiary/aromatic N) is 2. The second-order valence-corrected chi connectivity index (χ2v) is 5.87. The summed E-state index contributed by atoms with van der Waals surface area (Å²) in [4.78, 5) is 17.5. The predicted molar refractivity (Wildman–Crippen MR) is 89.5 cm³/mol. The molecule has 3 rings (SSSR count). The molecule has 5 heteroatoms. The van der Waals surface area contributed by atoms with Gasteiger partial charge in [-0.25, -0.2) is 9.78 Å². The lowest BCUT2D eigenvalue weighted by molar-refractivity contribution is 0.0690. The number of aromatic nitrogens is 1. The first kappa shape index (κ1) is 15.5. The van der Waals surface area contributed by atoms with E-state index in [9.17, 15) is 4.79 Å². The average molecular weight is 311 g/mol. The lowest BCUT2D eigenvalue weighted by Gasteiger charge is -2.15. The molecule has 1 aromatic heterocycles. The van der Waals surface area contributed by atoms with Gasteiger partial charge in [0.25, 0.3) is 0 Å². The Bertz CT molecular complexity index is 681. The molecule has 0 spiro atoms. The van der Waals surface area contributed by atoms with Crippen LogP contribution in [0.5, 0.6) is 0 Å². The van der Waals surface area contributed by atoms with Crippen LogP contribution in [0.15, 0.2) is 42.5 Å². The maximum Gasteiger partial charge on any atom is 0.354 e. The van der Waals surface area contributed by atoms with Gasteiger partial charge < -0.3 is 10.4 Å². The summed E-state index contributed by atoms with van der Waals surface area (Å²) in [7, 11) is 0. The molecule has 23 heavy (non-hydrogen) atoms. The average Bonchev–Trinajstić information content (AvgIpc) is 3.06. The minimum absolute atomic E-state index is 0.0535. The van der Waals surface area contributed by atoms with E-state index in [2.05, 4.69) is 39.5 Å².